The minimum absolute atomic E-state index is 0.387. The molecule has 0 fully saturated rings. The third kappa shape index (κ3) is 3.41. The molecular formula is C17H13NO2S. The van der Waals surface area contributed by atoms with Crippen LogP contribution in [-0.2, 0) is 9.63 Å². The summed E-state index contributed by atoms with van der Waals surface area (Å²) in [5.74, 6) is 0.219. The lowest BCUT2D eigenvalue weighted by Gasteiger charge is -2.01. The summed E-state index contributed by atoms with van der Waals surface area (Å²) in [5, 5.41) is 3.89. The van der Waals surface area contributed by atoms with Crippen molar-refractivity contribution in [1.82, 2.24) is 0 Å². The largest absolute Gasteiger partial charge is 0.367 e. The molecule has 0 saturated heterocycles. The van der Waals surface area contributed by atoms with Crippen molar-refractivity contribution < 1.29 is 9.63 Å². The Hall–Kier alpha value is -2.33. The van der Waals surface area contributed by atoms with E-state index in [1.165, 1.54) is 0 Å². The average molecular weight is 295 g/mol. The molecule has 0 spiro atoms. The first-order chi connectivity index (χ1) is 10.3. The Labute approximate surface area is 127 Å². The average Bonchev–Trinajstić information content (AvgIpc) is 2.88. The van der Waals surface area contributed by atoms with Crippen LogP contribution in [0, 0.1) is 0 Å². The summed E-state index contributed by atoms with van der Waals surface area (Å²) in [7, 11) is 0. The molecule has 0 aliphatic carbocycles. The number of benzene rings is 2. The fourth-order valence-electron chi connectivity index (χ4n) is 1.94. The Kier molecular flexibility index (Phi) is 4.17. The number of thioether (sulfide) groups is 1. The van der Waals surface area contributed by atoms with Crippen LogP contribution in [0.5, 0.6) is 0 Å². The van der Waals surface area contributed by atoms with Gasteiger partial charge in [0.15, 0.2) is 0 Å². The van der Waals surface area contributed by atoms with E-state index in [0.717, 1.165) is 10.5 Å². The van der Waals surface area contributed by atoms with Crippen LogP contribution in [0.1, 0.15) is 5.56 Å². The van der Waals surface area contributed by atoms with Crippen molar-refractivity contribution in [3.8, 4) is 0 Å². The number of carbonyl (C=O) groups excluding carboxylic acids is 1. The molecule has 0 saturated carbocycles. The maximum Gasteiger partial charge on any atom is 0.367 e. The van der Waals surface area contributed by atoms with E-state index >= 15 is 0 Å². The zero-order chi connectivity index (χ0) is 14.5. The standard InChI is InChI=1S/C17H13NO2S/c19-17-15(11-13-7-3-1-4-8-13)16(18-20-17)12-21-14-9-5-2-6-10-14/h1-11H,12H2. The van der Waals surface area contributed by atoms with Crippen LogP contribution in [-0.4, -0.2) is 17.4 Å². The highest BCUT2D eigenvalue weighted by Crippen LogP contribution is 2.23. The van der Waals surface area contributed by atoms with Crippen molar-refractivity contribution in [2.24, 2.45) is 5.16 Å². The molecule has 1 aliphatic rings. The molecule has 1 heterocycles. The van der Waals surface area contributed by atoms with E-state index < -0.39 is 0 Å². The second-order valence-electron chi connectivity index (χ2n) is 4.49. The fourth-order valence-corrected chi connectivity index (χ4v) is 2.80. The summed E-state index contributed by atoms with van der Waals surface area (Å²) in [6.07, 6.45) is 1.82. The predicted molar refractivity (Wildman–Crippen MR) is 85.1 cm³/mol. The van der Waals surface area contributed by atoms with Gasteiger partial charge in [0.05, 0.1) is 5.57 Å². The Morgan fingerprint density at radius 2 is 1.67 bits per heavy atom. The van der Waals surface area contributed by atoms with Crippen LogP contribution in [0.3, 0.4) is 0 Å². The number of oxime groups is 1. The quantitative estimate of drug-likeness (QED) is 0.489. The molecule has 0 N–H and O–H groups in total. The van der Waals surface area contributed by atoms with Crippen LogP contribution in [0.2, 0.25) is 0 Å². The van der Waals surface area contributed by atoms with Crippen LogP contribution < -0.4 is 0 Å². The zero-order valence-electron chi connectivity index (χ0n) is 11.2. The summed E-state index contributed by atoms with van der Waals surface area (Å²) in [6.45, 7) is 0. The first-order valence-electron chi connectivity index (χ1n) is 6.56. The maximum atomic E-state index is 11.8. The Balaban J connectivity index is 1.75. The predicted octanol–water partition coefficient (Wildman–Crippen LogP) is 3.78. The lowest BCUT2D eigenvalue weighted by atomic mass is 10.1. The number of rotatable bonds is 4. The van der Waals surface area contributed by atoms with E-state index in [1.54, 1.807) is 11.8 Å². The maximum absolute atomic E-state index is 11.8. The molecule has 21 heavy (non-hydrogen) atoms. The highest BCUT2D eigenvalue weighted by atomic mass is 32.2. The molecular weight excluding hydrogens is 282 g/mol. The molecule has 1 aliphatic heterocycles. The van der Waals surface area contributed by atoms with Crippen molar-refractivity contribution in [1.29, 1.82) is 0 Å². The summed E-state index contributed by atoms with van der Waals surface area (Å²) < 4.78 is 0. The minimum atomic E-state index is -0.387. The minimum Gasteiger partial charge on any atom is -0.312 e. The topological polar surface area (TPSA) is 38.7 Å². The molecule has 0 amide bonds. The van der Waals surface area contributed by atoms with E-state index in [9.17, 15) is 4.79 Å². The summed E-state index contributed by atoms with van der Waals surface area (Å²) >= 11 is 1.63. The smallest absolute Gasteiger partial charge is 0.312 e. The van der Waals surface area contributed by atoms with E-state index in [0.29, 0.717) is 17.0 Å². The van der Waals surface area contributed by atoms with Crippen molar-refractivity contribution >= 4 is 29.5 Å². The van der Waals surface area contributed by atoms with Gasteiger partial charge in [-0.2, -0.15) is 0 Å². The van der Waals surface area contributed by atoms with E-state index in [1.807, 2.05) is 66.7 Å². The SMILES string of the molecule is O=C1ON=C(CSc2ccccc2)C1=Cc1ccccc1. The molecule has 0 bridgehead atoms. The first kappa shape index (κ1) is 13.6. The molecule has 3 rings (SSSR count). The number of carbonyl (C=O) groups is 1. The van der Waals surface area contributed by atoms with Gasteiger partial charge in [-0.1, -0.05) is 53.7 Å². The Bertz CT molecular complexity index is 693. The number of hydrogen-bond acceptors (Lipinski definition) is 4. The van der Waals surface area contributed by atoms with Crippen molar-refractivity contribution in [3.63, 3.8) is 0 Å². The van der Waals surface area contributed by atoms with E-state index in [4.69, 9.17) is 4.84 Å². The summed E-state index contributed by atoms with van der Waals surface area (Å²) in [5.41, 5.74) is 2.17. The lowest BCUT2D eigenvalue weighted by molar-refractivity contribution is -0.136. The van der Waals surface area contributed by atoms with Crippen LogP contribution in [0.25, 0.3) is 6.08 Å². The Morgan fingerprint density at radius 3 is 2.38 bits per heavy atom. The normalized spacial score (nSPS) is 15.9. The zero-order valence-corrected chi connectivity index (χ0v) is 12.0. The Morgan fingerprint density at radius 1 is 1.00 bits per heavy atom. The fraction of sp³-hybridized carbons (Fsp3) is 0.0588. The highest BCUT2D eigenvalue weighted by molar-refractivity contribution is 8.00. The van der Waals surface area contributed by atoms with Gasteiger partial charge in [-0.25, -0.2) is 4.79 Å². The van der Waals surface area contributed by atoms with Crippen LogP contribution >= 0.6 is 11.8 Å². The molecule has 0 aromatic heterocycles. The molecule has 2 aromatic carbocycles. The summed E-state index contributed by atoms with van der Waals surface area (Å²) in [6, 6.07) is 19.7. The molecule has 4 heteroatoms. The third-order valence-electron chi connectivity index (χ3n) is 3.00. The first-order valence-corrected chi connectivity index (χ1v) is 7.55. The van der Waals surface area contributed by atoms with Crippen LogP contribution in [0.15, 0.2) is 76.3 Å². The van der Waals surface area contributed by atoms with Gasteiger partial charge in [-0.05, 0) is 23.8 Å². The highest BCUT2D eigenvalue weighted by Gasteiger charge is 2.25. The van der Waals surface area contributed by atoms with Gasteiger partial charge < -0.3 is 4.84 Å². The van der Waals surface area contributed by atoms with Gasteiger partial charge in [0.1, 0.15) is 5.71 Å². The van der Waals surface area contributed by atoms with Gasteiger partial charge >= 0.3 is 5.97 Å². The molecule has 0 unspecified atom stereocenters. The second-order valence-corrected chi connectivity index (χ2v) is 5.54. The van der Waals surface area contributed by atoms with E-state index in [2.05, 4.69) is 5.16 Å². The molecule has 104 valence electrons. The number of nitrogens with zero attached hydrogens (tertiary/aromatic N) is 1. The summed E-state index contributed by atoms with van der Waals surface area (Å²) in [4.78, 5) is 17.7. The second kappa shape index (κ2) is 6.41. The van der Waals surface area contributed by atoms with Gasteiger partial charge in [-0.15, -0.1) is 11.8 Å². The molecule has 2 aromatic rings. The molecule has 0 radical (unpaired) electrons. The van der Waals surface area contributed by atoms with Crippen molar-refractivity contribution in [2.45, 2.75) is 4.90 Å². The van der Waals surface area contributed by atoms with Crippen molar-refractivity contribution in [2.75, 3.05) is 5.75 Å². The molecule has 3 nitrogen and oxygen atoms in total. The third-order valence-corrected chi connectivity index (χ3v) is 4.02. The van der Waals surface area contributed by atoms with Gasteiger partial charge in [0.25, 0.3) is 0 Å². The monoisotopic (exact) mass is 295 g/mol. The lowest BCUT2D eigenvalue weighted by Crippen LogP contribution is -2.07. The van der Waals surface area contributed by atoms with Gasteiger partial charge in [0, 0.05) is 10.6 Å². The van der Waals surface area contributed by atoms with Crippen LogP contribution in [0.4, 0.5) is 0 Å². The van der Waals surface area contributed by atoms with E-state index in [-0.39, 0.29) is 5.97 Å². The van der Waals surface area contributed by atoms with Gasteiger partial charge in [-0.3, -0.25) is 0 Å². The van der Waals surface area contributed by atoms with Gasteiger partial charge in [0.2, 0.25) is 0 Å². The molecule has 0 atom stereocenters. The van der Waals surface area contributed by atoms with Crippen molar-refractivity contribution in [3.05, 3.63) is 71.8 Å². The number of hydrogen-bond donors (Lipinski definition) is 0.